The van der Waals surface area contributed by atoms with Crippen LogP contribution in [0.5, 0.6) is 5.75 Å². The molecule has 2 aromatic carbocycles. The summed E-state index contributed by atoms with van der Waals surface area (Å²) in [5, 5.41) is 12.2. The summed E-state index contributed by atoms with van der Waals surface area (Å²) < 4.78 is 10.4. The number of hydrogen-bond acceptors (Lipinski definition) is 4. The summed E-state index contributed by atoms with van der Waals surface area (Å²) in [4.78, 5) is 11.5. The summed E-state index contributed by atoms with van der Waals surface area (Å²) in [6.07, 6.45) is -1.37. The number of aliphatic hydroxyl groups is 1. The summed E-state index contributed by atoms with van der Waals surface area (Å²) in [5.41, 5.74) is 0.908. The molecule has 1 atom stereocenters. The molecule has 2 aromatic rings. The van der Waals surface area contributed by atoms with E-state index in [-0.39, 0.29) is 19.8 Å². The van der Waals surface area contributed by atoms with E-state index in [4.69, 9.17) is 9.47 Å². The van der Waals surface area contributed by atoms with Crippen LogP contribution in [-0.4, -0.2) is 30.5 Å². The summed E-state index contributed by atoms with van der Waals surface area (Å²) in [5.74, 6) is 0.674. The third-order valence-electron chi connectivity index (χ3n) is 2.88. The summed E-state index contributed by atoms with van der Waals surface area (Å²) in [6.45, 7) is 0.368. The van der Waals surface area contributed by atoms with Gasteiger partial charge in [-0.3, -0.25) is 0 Å². The number of amides is 1. The van der Waals surface area contributed by atoms with Crippen LogP contribution in [0.4, 0.5) is 4.79 Å². The van der Waals surface area contributed by atoms with Crippen LogP contribution in [-0.2, 0) is 11.3 Å². The number of para-hydroxylation sites is 1. The van der Waals surface area contributed by atoms with Crippen LogP contribution in [0.25, 0.3) is 0 Å². The fourth-order valence-electron chi connectivity index (χ4n) is 1.74. The zero-order valence-corrected chi connectivity index (χ0v) is 12.1. The Kier molecular flexibility index (Phi) is 6.26. The molecule has 0 aromatic heterocycles. The molecule has 1 amide bonds. The zero-order valence-electron chi connectivity index (χ0n) is 12.1. The molecule has 0 saturated heterocycles. The molecule has 0 aliphatic carbocycles. The van der Waals surface area contributed by atoms with E-state index in [1.165, 1.54) is 0 Å². The molecular weight excluding hydrogens is 282 g/mol. The van der Waals surface area contributed by atoms with Crippen molar-refractivity contribution in [2.75, 3.05) is 13.2 Å². The van der Waals surface area contributed by atoms with E-state index < -0.39 is 12.2 Å². The Morgan fingerprint density at radius 2 is 1.68 bits per heavy atom. The van der Waals surface area contributed by atoms with Gasteiger partial charge in [-0.15, -0.1) is 0 Å². The summed E-state index contributed by atoms with van der Waals surface area (Å²) in [7, 11) is 0. The minimum Gasteiger partial charge on any atom is -0.491 e. The first-order chi connectivity index (χ1) is 10.7. The SMILES string of the molecule is O=C(NC[C@@H](O)COc1ccccc1)OCc1ccccc1. The van der Waals surface area contributed by atoms with Gasteiger partial charge in [0, 0.05) is 0 Å². The number of nitrogens with one attached hydrogen (secondary N) is 1. The lowest BCUT2D eigenvalue weighted by molar-refractivity contribution is 0.0965. The van der Waals surface area contributed by atoms with E-state index in [9.17, 15) is 9.90 Å². The van der Waals surface area contributed by atoms with Crippen molar-refractivity contribution in [3.8, 4) is 5.75 Å². The maximum absolute atomic E-state index is 11.5. The highest BCUT2D eigenvalue weighted by Gasteiger charge is 2.08. The van der Waals surface area contributed by atoms with Gasteiger partial charge in [0.2, 0.25) is 0 Å². The largest absolute Gasteiger partial charge is 0.491 e. The van der Waals surface area contributed by atoms with E-state index in [1.807, 2.05) is 48.5 Å². The highest BCUT2D eigenvalue weighted by molar-refractivity contribution is 5.67. The molecule has 2 N–H and O–H groups in total. The van der Waals surface area contributed by atoms with E-state index in [0.717, 1.165) is 5.56 Å². The maximum Gasteiger partial charge on any atom is 0.407 e. The van der Waals surface area contributed by atoms with Gasteiger partial charge in [0.1, 0.15) is 25.1 Å². The van der Waals surface area contributed by atoms with Gasteiger partial charge in [0.25, 0.3) is 0 Å². The lowest BCUT2D eigenvalue weighted by Gasteiger charge is -2.13. The molecule has 0 heterocycles. The van der Waals surface area contributed by atoms with Gasteiger partial charge in [-0.1, -0.05) is 48.5 Å². The quantitative estimate of drug-likeness (QED) is 0.824. The van der Waals surface area contributed by atoms with Crippen LogP contribution >= 0.6 is 0 Å². The lowest BCUT2D eigenvalue weighted by Crippen LogP contribution is -2.35. The topological polar surface area (TPSA) is 67.8 Å². The minimum absolute atomic E-state index is 0.0699. The third-order valence-corrected chi connectivity index (χ3v) is 2.88. The maximum atomic E-state index is 11.5. The molecule has 0 saturated carbocycles. The molecule has 0 aliphatic rings. The van der Waals surface area contributed by atoms with Crippen molar-refractivity contribution < 1.29 is 19.4 Å². The number of carbonyl (C=O) groups excluding carboxylic acids is 1. The number of alkyl carbamates (subject to hydrolysis) is 1. The fraction of sp³-hybridized carbons (Fsp3) is 0.235. The van der Waals surface area contributed by atoms with Crippen molar-refractivity contribution in [1.82, 2.24) is 5.32 Å². The molecule has 0 aliphatic heterocycles. The molecule has 0 unspecified atom stereocenters. The average molecular weight is 301 g/mol. The number of ether oxygens (including phenoxy) is 2. The van der Waals surface area contributed by atoms with E-state index in [1.54, 1.807) is 12.1 Å². The third kappa shape index (κ3) is 5.85. The number of rotatable bonds is 7. The smallest absolute Gasteiger partial charge is 0.407 e. The second-order valence-electron chi connectivity index (χ2n) is 4.72. The molecule has 5 nitrogen and oxygen atoms in total. The van der Waals surface area contributed by atoms with E-state index in [0.29, 0.717) is 5.75 Å². The highest BCUT2D eigenvalue weighted by atomic mass is 16.5. The Morgan fingerprint density at radius 1 is 1.05 bits per heavy atom. The Labute approximate surface area is 129 Å². The van der Waals surface area contributed by atoms with Gasteiger partial charge < -0.3 is 19.9 Å². The Morgan fingerprint density at radius 3 is 2.36 bits per heavy atom. The van der Waals surface area contributed by atoms with Crippen molar-refractivity contribution in [2.45, 2.75) is 12.7 Å². The second kappa shape index (κ2) is 8.69. The molecule has 0 fully saturated rings. The van der Waals surface area contributed by atoms with E-state index >= 15 is 0 Å². The minimum atomic E-state index is -0.801. The van der Waals surface area contributed by atoms with Gasteiger partial charge in [-0.05, 0) is 17.7 Å². The molecule has 5 heteroatoms. The normalized spacial score (nSPS) is 11.5. The van der Waals surface area contributed by atoms with Crippen molar-refractivity contribution in [3.05, 3.63) is 66.2 Å². The molecular formula is C17H19NO4. The van der Waals surface area contributed by atoms with Gasteiger partial charge in [0.15, 0.2) is 0 Å². The summed E-state index contributed by atoms with van der Waals surface area (Å²) in [6, 6.07) is 18.6. The predicted octanol–water partition coefficient (Wildman–Crippen LogP) is 2.35. The molecule has 0 radical (unpaired) electrons. The van der Waals surface area contributed by atoms with Crippen LogP contribution < -0.4 is 10.1 Å². The fourth-order valence-corrected chi connectivity index (χ4v) is 1.74. The predicted molar refractivity (Wildman–Crippen MR) is 82.6 cm³/mol. The second-order valence-corrected chi connectivity index (χ2v) is 4.72. The highest BCUT2D eigenvalue weighted by Crippen LogP contribution is 2.08. The van der Waals surface area contributed by atoms with Gasteiger partial charge in [-0.2, -0.15) is 0 Å². The Bertz CT molecular complexity index is 559. The van der Waals surface area contributed by atoms with Gasteiger partial charge >= 0.3 is 6.09 Å². The Balaban J connectivity index is 1.61. The van der Waals surface area contributed by atoms with Gasteiger partial charge in [0.05, 0.1) is 6.54 Å². The molecule has 116 valence electrons. The molecule has 22 heavy (non-hydrogen) atoms. The number of benzene rings is 2. The monoisotopic (exact) mass is 301 g/mol. The zero-order chi connectivity index (χ0) is 15.6. The number of aliphatic hydroxyl groups excluding tert-OH is 1. The van der Waals surface area contributed by atoms with Crippen LogP contribution in [0.1, 0.15) is 5.56 Å². The standard InChI is InChI=1S/C17H19NO4/c19-15(13-21-16-9-5-2-6-10-16)11-18-17(20)22-12-14-7-3-1-4-8-14/h1-10,15,19H,11-13H2,(H,18,20)/t15-/m1/s1. The van der Waals surface area contributed by atoms with Crippen LogP contribution in [0.2, 0.25) is 0 Å². The number of hydrogen-bond donors (Lipinski definition) is 2. The van der Waals surface area contributed by atoms with Crippen molar-refractivity contribution in [1.29, 1.82) is 0 Å². The Hall–Kier alpha value is -2.53. The number of carbonyl (C=O) groups is 1. The first kappa shape index (κ1) is 15.9. The van der Waals surface area contributed by atoms with Crippen molar-refractivity contribution >= 4 is 6.09 Å². The first-order valence-electron chi connectivity index (χ1n) is 7.04. The average Bonchev–Trinajstić information content (AvgIpc) is 2.58. The lowest BCUT2D eigenvalue weighted by atomic mass is 10.2. The van der Waals surface area contributed by atoms with Gasteiger partial charge in [-0.25, -0.2) is 4.79 Å². The van der Waals surface area contributed by atoms with E-state index in [2.05, 4.69) is 5.32 Å². The molecule has 0 spiro atoms. The van der Waals surface area contributed by atoms with Crippen molar-refractivity contribution in [3.63, 3.8) is 0 Å². The van der Waals surface area contributed by atoms with Crippen LogP contribution in [0.15, 0.2) is 60.7 Å². The summed E-state index contributed by atoms with van der Waals surface area (Å²) >= 11 is 0. The first-order valence-corrected chi connectivity index (χ1v) is 7.04. The van der Waals surface area contributed by atoms with Crippen LogP contribution in [0, 0.1) is 0 Å². The molecule has 2 rings (SSSR count). The van der Waals surface area contributed by atoms with Crippen molar-refractivity contribution in [2.24, 2.45) is 0 Å². The van der Waals surface area contributed by atoms with Crippen LogP contribution in [0.3, 0.4) is 0 Å². The molecule has 0 bridgehead atoms.